The van der Waals surface area contributed by atoms with Crippen molar-refractivity contribution in [3.8, 4) is 0 Å². The van der Waals surface area contributed by atoms with Gasteiger partial charge in [0.1, 0.15) is 0 Å². The van der Waals surface area contributed by atoms with Crippen molar-refractivity contribution in [3.05, 3.63) is 60.2 Å². The van der Waals surface area contributed by atoms with E-state index in [0.29, 0.717) is 25.4 Å². The van der Waals surface area contributed by atoms with E-state index in [0.717, 1.165) is 18.7 Å². The molecule has 1 atom stereocenters. The van der Waals surface area contributed by atoms with Crippen molar-refractivity contribution in [1.29, 1.82) is 0 Å². The molecule has 0 spiro atoms. The number of likely N-dealkylation sites (tertiary alicyclic amines) is 2. The summed E-state index contributed by atoms with van der Waals surface area (Å²) in [7, 11) is 0. The first kappa shape index (κ1) is 15.7. The summed E-state index contributed by atoms with van der Waals surface area (Å²) in [5.74, 6) is 0.286. The molecule has 0 radical (unpaired) electrons. The molecule has 2 aliphatic heterocycles. The van der Waals surface area contributed by atoms with Gasteiger partial charge >= 0.3 is 0 Å². The summed E-state index contributed by atoms with van der Waals surface area (Å²) < 4.78 is 0. The number of aromatic nitrogens is 2. The third-order valence-electron chi connectivity index (χ3n) is 5.01. The first-order valence-corrected chi connectivity index (χ1v) is 8.56. The fraction of sp³-hybridized carbons (Fsp3) is 0.368. The van der Waals surface area contributed by atoms with E-state index in [1.807, 2.05) is 35.4 Å². The molecule has 2 saturated heterocycles. The van der Waals surface area contributed by atoms with Crippen molar-refractivity contribution in [2.24, 2.45) is 5.92 Å². The van der Waals surface area contributed by atoms with Crippen LogP contribution in [0.2, 0.25) is 0 Å². The summed E-state index contributed by atoms with van der Waals surface area (Å²) in [4.78, 5) is 36.7. The number of nitrogens with zero attached hydrogens (tertiary/aromatic N) is 4. The zero-order valence-corrected chi connectivity index (χ0v) is 13.9. The lowest BCUT2D eigenvalue weighted by atomic mass is 9.91. The second kappa shape index (κ2) is 6.63. The van der Waals surface area contributed by atoms with Crippen molar-refractivity contribution < 1.29 is 9.59 Å². The van der Waals surface area contributed by atoms with Crippen LogP contribution in [0.5, 0.6) is 0 Å². The fourth-order valence-corrected chi connectivity index (χ4v) is 3.55. The smallest absolute Gasteiger partial charge is 0.228 e. The molecule has 6 nitrogen and oxygen atoms in total. The zero-order chi connectivity index (χ0) is 17.2. The van der Waals surface area contributed by atoms with E-state index < -0.39 is 0 Å². The molecule has 2 aromatic rings. The van der Waals surface area contributed by atoms with E-state index >= 15 is 0 Å². The predicted molar refractivity (Wildman–Crippen MR) is 91.3 cm³/mol. The van der Waals surface area contributed by atoms with E-state index in [1.54, 1.807) is 23.5 Å². The molecule has 0 aliphatic carbocycles. The molecule has 0 bridgehead atoms. The number of pyridine rings is 2. The highest BCUT2D eigenvalue weighted by Crippen LogP contribution is 2.30. The Hall–Kier alpha value is -2.76. The highest BCUT2D eigenvalue weighted by atomic mass is 16.2. The van der Waals surface area contributed by atoms with Crippen LogP contribution in [0.25, 0.3) is 0 Å². The van der Waals surface area contributed by atoms with Gasteiger partial charge in [-0.1, -0.05) is 12.1 Å². The molecule has 0 aromatic carbocycles. The minimum absolute atomic E-state index is 0.0477. The lowest BCUT2D eigenvalue weighted by Crippen LogP contribution is -2.51. The summed E-state index contributed by atoms with van der Waals surface area (Å²) in [6.45, 7) is 2.46. The first-order chi connectivity index (χ1) is 12.2. The van der Waals surface area contributed by atoms with Crippen molar-refractivity contribution in [2.75, 3.05) is 19.6 Å². The average molecular weight is 336 g/mol. The Morgan fingerprint density at radius 3 is 2.52 bits per heavy atom. The van der Waals surface area contributed by atoms with Crippen LogP contribution in [0.3, 0.4) is 0 Å². The quantitative estimate of drug-likeness (QED) is 0.848. The maximum atomic E-state index is 12.7. The molecule has 4 rings (SSSR count). The molecule has 0 unspecified atom stereocenters. The molecule has 0 N–H and O–H groups in total. The Balaban J connectivity index is 1.33. The molecule has 25 heavy (non-hydrogen) atoms. The van der Waals surface area contributed by atoms with Gasteiger partial charge in [0.2, 0.25) is 11.8 Å². The van der Waals surface area contributed by atoms with Gasteiger partial charge in [0.05, 0.1) is 5.92 Å². The van der Waals surface area contributed by atoms with E-state index in [9.17, 15) is 9.59 Å². The van der Waals surface area contributed by atoms with Crippen LogP contribution in [-0.2, 0) is 16.1 Å². The standard InChI is InChI=1S/C19H20N4O2/c24-18-7-16(11-22(18)10-14-3-1-5-20-8-14)19(25)23-12-17(13-23)15-4-2-6-21-9-15/h1-6,8-9,16-17H,7,10-13H2/t16-/m0/s1. The lowest BCUT2D eigenvalue weighted by molar-refractivity contribution is -0.140. The minimum Gasteiger partial charge on any atom is -0.341 e. The van der Waals surface area contributed by atoms with Crippen LogP contribution >= 0.6 is 0 Å². The molecule has 2 aromatic heterocycles. The lowest BCUT2D eigenvalue weighted by Gasteiger charge is -2.40. The summed E-state index contributed by atoms with van der Waals surface area (Å²) in [6.07, 6.45) is 7.40. The first-order valence-electron chi connectivity index (χ1n) is 8.56. The molecule has 4 heterocycles. The topological polar surface area (TPSA) is 66.4 Å². The summed E-state index contributed by atoms with van der Waals surface area (Å²) in [5, 5.41) is 0. The number of hydrogen-bond donors (Lipinski definition) is 0. The number of hydrogen-bond acceptors (Lipinski definition) is 4. The number of amides is 2. The molecular formula is C19H20N4O2. The van der Waals surface area contributed by atoms with Gasteiger partial charge in [-0.2, -0.15) is 0 Å². The minimum atomic E-state index is -0.223. The van der Waals surface area contributed by atoms with Crippen molar-refractivity contribution >= 4 is 11.8 Å². The van der Waals surface area contributed by atoms with Crippen LogP contribution in [0, 0.1) is 5.92 Å². The van der Waals surface area contributed by atoms with Gasteiger partial charge in [-0.15, -0.1) is 0 Å². The van der Waals surface area contributed by atoms with Gasteiger partial charge in [0.15, 0.2) is 0 Å². The fourth-order valence-electron chi connectivity index (χ4n) is 3.55. The molecule has 128 valence electrons. The van der Waals surface area contributed by atoms with Gasteiger partial charge in [-0.05, 0) is 23.3 Å². The largest absolute Gasteiger partial charge is 0.341 e. The number of carbonyl (C=O) groups is 2. The Bertz CT molecular complexity index is 760. The van der Waals surface area contributed by atoms with Crippen LogP contribution < -0.4 is 0 Å². The average Bonchev–Trinajstić information content (AvgIpc) is 2.96. The van der Waals surface area contributed by atoms with E-state index in [4.69, 9.17) is 0 Å². The molecule has 2 amide bonds. The molecule has 2 fully saturated rings. The molecule has 6 heteroatoms. The highest BCUT2D eigenvalue weighted by molar-refractivity contribution is 5.89. The Morgan fingerprint density at radius 1 is 1.08 bits per heavy atom. The Kier molecular flexibility index (Phi) is 4.17. The van der Waals surface area contributed by atoms with Gasteiger partial charge in [-0.3, -0.25) is 19.6 Å². The van der Waals surface area contributed by atoms with E-state index in [1.165, 1.54) is 5.56 Å². The van der Waals surface area contributed by atoms with E-state index in [-0.39, 0.29) is 17.7 Å². The summed E-state index contributed by atoms with van der Waals surface area (Å²) in [5.41, 5.74) is 2.16. The predicted octanol–water partition coefficient (Wildman–Crippen LogP) is 1.45. The monoisotopic (exact) mass is 336 g/mol. The van der Waals surface area contributed by atoms with Crippen LogP contribution in [0.15, 0.2) is 49.1 Å². The number of rotatable bonds is 4. The van der Waals surface area contributed by atoms with Crippen LogP contribution in [0.4, 0.5) is 0 Å². The van der Waals surface area contributed by atoms with Gasteiger partial charge in [0, 0.05) is 63.3 Å². The Morgan fingerprint density at radius 2 is 1.84 bits per heavy atom. The molecular weight excluding hydrogens is 316 g/mol. The maximum Gasteiger partial charge on any atom is 0.228 e. The maximum absolute atomic E-state index is 12.7. The molecule has 0 saturated carbocycles. The van der Waals surface area contributed by atoms with Gasteiger partial charge < -0.3 is 9.80 Å². The Labute approximate surface area is 146 Å². The molecule has 2 aliphatic rings. The second-order valence-electron chi connectivity index (χ2n) is 6.76. The van der Waals surface area contributed by atoms with Crippen molar-refractivity contribution in [1.82, 2.24) is 19.8 Å². The second-order valence-corrected chi connectivity index (χ2v) is 6.76. The van der Waals surface area contributed by atoms with Gasteiger partial charge in [0.25, 0.3) is 0 Å². The van der Waals surface area contributed by atoms with Gasteiger partial charge in [-0.25, -0.2) is 0 Å². The number of carbonyl (C=O) groups excluding carboxylic acids is 2. The highest BCUT2D eigenvalue weighted by Gasteiger charge is 2.40. The van der Waals surface area contributed by atoms with Crippen molar-refractivity contribution in [2.45, 2.75) is 18.9 Å². The zero-order valence-electron chi connectivity index (χ0n) is 13.9. The summed E-state index contributed by atoms with van der Waals surface area (Å²) >= 11 is 0. The van der Waals surface area contributed by atoms with Crippen LogP contribution in [-0.4, -0.2) is 51.2 Å². The van der Waals surface area contributed by atoms with Crippen molar-refractivity contribution in [3.63, 3.8) is 0 Å². The SMILES string of the molecule is O=C1C[C@H](C(=O)N2CC(c3cccnc3)C2)CN1Cc1cccnc1. The third-order valence-corrected chi connectivity index (χ3v) is 5.01. The van der Waals surface area contributed by atoms with Crippen LogP contribution in [0.1, 0.15) is 23.5 Å². The third kappa shape index (κ3) is 3.24. The summed E-state index contributed by atoms with van der Waals surface area (Å²) in [6, 6.07) is 7.78. The van der Waals surface area contributed by atoms with E-state index in [2.05, 4.69) is 9.97 Å². The normalized spacial score (nSPS) is 20.6.